The van der Waals surface area contributed by atoms with E-state index in [1.165, 1.54) is 141 Å². The van der Waals surface area contributed by atoms with E-state index < -0.39 is 0 Å². The molecule has 0 N–H and O–H groups in total. The van der Waals surface area contributed by atoms with Crippen molar-refractivity contribution in [2.45, 2.75) is 412 Å². The molecular formula is C106H169F. The predicted molar refractivity (Wildman–Crippen MR) is 485 cm³/mol. The van der Waals surface area contributed by atoms with Gasteiger partial charge >= 0.3 is 0 Å². The third-order valence-electron chi connectivity index (χ3n) is 23.2. The van der Waals surface area contributed by atoms with E-state index in [9.17, 15) is 4.39 Å². The lowest BCUT2D eigenvalue weighted by Crippen LogP contribution is -2.22. The minimum atomic E-state index is -0.0597. The van der Waals surface area contributed by atoms with Gasteiger partial charge in [-0.3, -0.25) is 0 Å². The summed E-state index contributed by atoms with van der Waals surface area (Å²) in [5.74, 6) is 3.80. The normalized spacial score (nSPS) is 12.4. The molecule has 7 aromatic rings. The molecule has 0 spiro atoms. The van der Waals surface area contributed by atoms with Crippen molar-refractivity contribution >= 4 is 0 Å². The smallest absolute Gasteiger partial charge is 0.129 e. The molecule has 1 heteroatoms. The van der Waals surface area contributed by atoms with Gasteiger partial charge in [-0.1, -0.05) is 332 Å². The lowest BCUT2D eigenvalue weighted by Gasteiger charge is -2.31. The van der Waals surface area contributed by atoms with E-state index in [0.717, 1.165) is 16.7 Å². The zero-order valence-corrected chi connectivity index (χ0v) is 79.4. The second-order valence-corrected chi connectivity index (χ2v) is 41.6. The Kier molecular flexibility index (Phi) is 36.8. The van der Waals surface area contributed by atoms with Gasteiger partial charge in [-0.05, 0) is 328 Å². The Morgan fingerprint density at radius 2 is 0.579 bits per heavy atom. The van der Waals surface area contributed by atoms with Crippen molar-refractivity contribution < 1.29 is 4.39 Å². The van der Waals surface area contributed by atoms with E-state index in [4.69, 9.17) is 0 Å². The molecular weight excluding hydrogens is 1290 g/mol. The van der Waals surface area contributed by atoms with E-state index in [-0.39, 0.29) is 43.7 Å². The summed E-state index contributed by atoms with van der Waals surface area (Å²) in [5.41, 5.74) is 37.9. The molecule has 107 heavy (non-hydrogen) atoms. The van der Waals surface area contributed by atoms with Crippen LogP contribution in [0, 0.1) is 115 Å². The first-order chi connectivity index (χ1) is 48.2. The van der Waals surface area contributed by atoms with Gasteiger partial charge in [0.25, 0.3) is 0 Å². The average molecular weight is 1460 g/mol. The maximum Gasteiger partial charge on any atom is 0.129 e. The van der Waals surface area contributed by atoms with Gasteiger partial charge < -0.3 is 0 Å². The summed E-state index contributed by atoms with van der Waals surface area (Å²) in [5, 5.41) is 0. The number of hydrogen-bond acceptors (Lipinski definition) is 0. The van der Waals surface area contributed by atoms with Crippen molar-refractivity contribution in [2.75, 3.05) is 0 Å². The summed E-state index contributed by atoms with van der Waals surface area (Å²) in [6.07, 6.45) is 2.41. The van der Waals surface area contributed by atoms with Gasteiger partial charge in [0, 0.05) is 0 Å². The number of benzene rings is 7. The highest BCUT2D eigenvalue weighted by atomic mass is 19.1. The standard InChI is InChI=1S/C19H32.C18H30.C17H28.C15H24.C13H19F.C13H20.C11H16/c1-12(2)18(13(3)4)16-10-14(5)15(6)17(11-16)19(7,8)9;1-9-18(8,10-2)15-11-13(3)14(4)16(12-15)17(5,6)7;1-11(2)14-9-15(12(3)4)13(5)16(10-14)17(6,7)8;1-10(2)13-8-11(3)12(4)14(9-13)15(5,6)7;1-8-7-11(13(4,5)6)9(2)10(3)12(8)14;1-9-7-10(2)11(3)12(8-9)13(4,5)6;1-9-7-5-6-8-10(9)11(2,3)4/h10-13,18H,1-9H3;11-12H,9-10H2,1-8H3;9-12H,1-8H3;8-10H,1-7H3;7H,1-6H3;7-8H,1-6H3;5-8H,1-4H3. The fourth-order valence-corrected chi connectivity index (χ4v) is 15.6. The molecule has 0 aromatic heterocycles. The van der Waals surface area contributed by atoms with Crippen LogP contribution in [0.25, 0.3) is 0 Å². The molecule has 7 rings (SSSR count). The van der Waals surface area contributed by atoms with Crippen molar-refractivity contribution in [3.63, 3.8) is 0 Å². The largest absolute Gasteiger partial charge is 0.206 e. The Morgan fingerprint density at radius 1 is 0.271 bits per heavy atom. The van der Waals surface area contributed by atoms with Gasteiger partial charge in [-0.25, -0.2) is 4.39 Å². The summed E-state index contributed by atoms with van der Waals surface area (Å²) in [4.78, 5) is 0. The van der Waals surface area contributed by atoms with E-state index in [0.29, 0.717) is 40.9 Å². The van der Waals surface area contributed by atoms with Gasteiger partial charge in [-0.15, -0.1) is 0 Å². The van der Waals surface area contributed by atoms with Crippen LogP contribution in [-0.4, -0.2) is 0 Å². The highest BCUT2D eigenvalue weighted by molar-refractivity contribution is 5.48. The van der Waals surface area contributed by atoms with E-state index in [1.54, 1.807) is 0 Å². The molecule has 0 saturated heterocycles. The molecule has 0 amide bonds. The SMILES string of the molecule is CCC(C)(CC)c1cc(C)c(C)c(C(C)(C)C)c1.Cc1c(C(C)C)cc(C(C)C)cc1C(C)(C)C.Cc1cc(C(C(C)C)C(C)C)cc(C(C)(C)C)c1C.Cc1cc(C(C)(C)C)c(C)c(C)c1F.Cc1cc(C(C)C)cc(C(C)(C)C)c1C.Cc1cc(C)c(C)c(C(C)(C)C)c1.Cc1ccccc1C(C)(C)C. The average Bonchev–Trinajstić information content (AvgIpc) is 0.788. The molecule has 600 valence electrons. The molecule has 0 heterocycles. The van der Waals surface area contributed by atoms with E-state index >= 15 is 0 Å². The van der Waals surface area contributed by atoms with Crippen LogP contribution in [0.2, 0.25) is 0 Å². The molecule has 0 aliphatic carbocycles. The minimum absolute atomic E-state index is 0.0597. The Bertz CT molecular complexity index is 3940. The molecule has 0 saturated carbocycles. The van der Waals surface area contributed by atoms with Gasteiger partial charge in [0.2, 0.25) is 0 Å². The number of rotatable bonds is 9. The third-order valence-corrected chi connectivity index (χ3v) is 23.2. The summed E-state index contributed by atoms with van der Waals surface area (Å²) in [6, 6.07) is 34.3. The van der Waals surface area contributed by atoms with Crippen LogP contribution in [0.1, 0.15) is 417 Å². The van der Waals surface area contributed by atoms with Crippen LogP contribution in [-0.2, 0) is 43.3 Å². The maximum absolute atomic E-state index is 13.6. The highest BCUT2D eigenvalue weighted by Gasteiger charge is 2.29. The first kappa shape index (κ1) is 99.5. The second kappa shape index (κ2) is 39.6. The zero-order valence-electron chi connectivity index (χ0n) is 79.4. The molecule has 0 bridgehead atoms. The Morgan fingerprint density at radius 3 is 0.916 bits per heavy atom. The lowest BCUT2D eigenvalue weighted by atomic mass is 9.73. The van der Waals surface area contributed by atoms with Crippen molar-refractivity contribution in [1.29, 1.82) is 0 Å². The molecule has 0 unspecified atom stereocenters. The topological polar surface area (TPSA) is 0 Å². The summed E-state index contributed by atoms with van der Waals surface area (Å²) in [6.45, 7) is 108. The summed E-state index contributed by atoms with van der Waals surface area (Å²) < 4.78 is 13.6. The Labute approximate surface area is 665 Å². The van der Waals surface area contributed by atoms with Crippen LogP contribution in [0.4, 0.5) is 4.39 Å². The van der Waals surface area contributed by atoms with Gasteiger partial charge in [0.05, 0.1) is 0 Å². The molecule has 7 aromatic carbocycles. The van der Waals surface area contributed by atoms with Crippen molar-refractivity contribution in [2.24, 2.45) is 11.8 Å². The van der Waals surface area contributed by atoms with E-state index in [1.807, 2.05) is 26.8 Å². The van der Waals surface area contributed by atoms with E-state index in [2.05, 4.69) is 396 Å². The zero-order chi connectivity index (χ0) is 84.1. The predicted octanol–water partition coefficient (Wildman–Crippen LogP) is 33.2. The molecule has 0 aliphatic rings. The first-order valence-corrected chi connectivity index (χ1v) is 41.6. The maximum atomic E-state index is 13.6. The Balaban J connectivity index is 0.000000628. The quantitative estimate of drug-likeness (QED) is 0.135. The second-order valence-electron chi connectivity index (χ2n) is 41.6. The Hall–Kier alpha value is -5.53. The minimum Gasteiger partial charge on any atom is -0.206 e. The van der Waals surface area contributed by atoms with Crippen LogP contribution in [0.15, 0.2) is 91.0 Å². The first-order valence-electron chi connectivity index (χ1n) is 41.6. The van der Waals surface area contributed by atoms with Gasteiger partial charge in [-0.2, -0.15) is 0 Å². The molecule has 0 radical (unpaired) electrons. The van der Waals surface area contributed by atoms with Crippen LogP contribution < -0.4 is 0 Å². The van der Waals surface area contributed by atoms with Gasteiger partial charge in [0.15, 0.2) is 0 Å². The van der Waals surface area contributed by atoms with Crippen molar-refractivity contribution in [3.8, 4) is 0 Å². The fourth-order valence-electron chi connectivity index (χ4n) is 15.6. The van der Waals surface area contributed by atoms with Gasteiger partial charge in [0.1, 0.15) is 5.82 Å². The molecule has 0 fully saturated rings. The van der Waals surface area contributed by atoms with Crippen LogP contribution >= 0.6 is 0 Å². The monoisotopic (exact) mass is 1460 g/mol. The summed E-state index contributed by atoms with van der Waals surface area (Å²) >= 11 is 0. The number of halogens is 1. The molecule has 0 nitrogen and oxygen atoms in total. The lowest BCUT2D eigenvalue weighted by molar-refractivity contribution is 0.387. The fraction of sp³-hybridized carbons (Fsp3) is 0.604. The number of aryl methyl sites for hydroxylation is 7. The van der Waals surface area contributed by atoms with Crippen molar-refractivity contribution in [1.82, 2.24) is 0 Å². The van der Waals surface area contributed by atoms with Crippen LogP contribution in [0.5, 0.6) is 0 Å². The molecule has 0 atom stereocenters. The number of hydrogen-bond donors (Lipinski definition) is 0. The van der Waals surface area contributed by atoms with Crippen LogP contribution in [0.3, 0.4) is 0 Å². The summed E-state index contributed by atoms with van der Waals surface area (Å²) in [7, 11) is 0. The highest BCUT2D eigenvalue weighted by Crippen LogP contribution is 2.41. The van der Waals surface area contributed by atoms with Crippen molar-refractivity contribution in [3.05, 3.63) is 241 Å². The molecule has 0 aliphatic heterocycles. The third kappa shape index (κ3) is 28.9.